The van der Waals surface area contributed by atoms with Crippen molar-refractivity contribution in [2.24, 2.45) is 5.73 Å². The van der Waals surface area contributed by atoms with E-state index in [1.54, 1.807) is 23.3 Å². The van der Waals surface area contributed by atoms with Gasteiger partial charge >= 0.3 is 0 Å². The van der Waals surface area contributed by atoms with Crippen LogP contribution in [0.5, 0.6) is 0 Å². The first-order valence-corrected chi connectivity index (χ1v) is 7.39. The second-order valence-corrected chi connectivity index (χ2v) is 5.25. The molecule has 0 saturated heterocycles. The van der Waals surface area contributed by atoms with Gasteiger partial charge in [0.25, 0.3) is 5.89 Å². The van der Waals surface area contributed by atoms with E-state index in [0.717, 1.165) is 0 Å². The summed E-state index contributed by atoms with van der Waals surface area (Å²) < 4.78 is 22.6. The van der Waals surface area contributed by atoms with E-state index in [-0.39, 0.29) is 18.3 Å². The number of halogens is 1. The molecule has 4 aromatic rings. The summed E-state index contributed by atoms with van der Waals surface area (Å²) in [5.41, 5.74) is 6.77. The molecular formula is C15H14FN7O. The van der Waals surface area contributed by atoms with E-state index < -0.39 is 0 Å². The number of aromatic nitrogens is 6. The molecule has 3 heterocycles. The molecule has 24 heavy (non-hydrogen) atoms. The van der Waals surface area contributed by atoms with Crippen molar-refractivity contribution in [2.45, 2.75) is 19.6 Å². The second kappa shape index (κ2) is 5.85. The Morgan fingerprint density at radius 2 is 2.17 bits per heavy atom. The molecule has 2 N–H and O–H groups in total. The molecule has 0 atom stereocenters. The smallest absolute Gasteiger partial charge is 0.276 e. The van der Waals surface area contributed by atoms with Crippen LogP contribution >= 0.6 is 0 Å². The van der Waals surface area contributed by atoms with Crippen molar-refractivity contribution in [1.82, 2.24) is 29.5 Å². The predicted molar refractivity (Wildman–Crippen MR) is 83.1 cm³/mol. The highest BCUT2D eigenvalue weighted by atomic mass is 19.1. The molecule has 0 aliphatic carbocycles. The lowest BCUT2D eigenvalue weighted by Gasteiger charge is -2.05. The van der Waals surface area contributed by atoms with Crippen LogP contribution in [0.3, 0.4) is 0 Å². The molecule has 3 aromatic heterocycles. The average molecular weight is 327 g/mol. The topological polar surface area (TPSA) is 101 Å². The maximum atomic E-state index is 13.7. The molecule has 1 aromatic carbocycles. The van der Waals surface area contributed by atoms with Crippen molar-refractivity contribution in [2.75, 3.05) is 0 Å². The van der Waals surface area contributed by atoms with E-state index in [1.807, 2.05) is 10.8 Å². The summed E-state index contributed by atoms with van der Waals surface area (Å²) in [5.74, 6) is 0.308. The fourth-order valence-corrected chi connectivity index (χ4v) is 2.55. The SMILES string of the molecule is NCc1noc(-c2c3cc(F)ccc3nn2CCn2ccnc2)n1. The zero-order valence-corrected chi connectivity index (χ0v) is 12.6. The Balaban J connectivity index is 1.80. The number of aryl methyl sites for hydroxylation is 2. The van der Waals surface area contributed by atoms with E-state index in [0.29, 0.717) is 35.5 Å². The van der Waals surface area contributed by atoms with E-state index in [1.165, 1.54) is 12.1 Å². The van der Waals surface area contributed by atoms with Gasteiger partial charge in [-0.05, 0) is 18.2 Å². The summed E-state index contributed by atoms with van der Waals surface area (Å²) in [6, 6.07) is 4.41. The molecule has 0 radical (unpaired) electrons. The number of nitrogens with zero attached hydrogens (tertiary/aromatic N) is 6. The molecule has 0 unspecified atom stereocenters. The molecule has 9 heteroatoms. The van der Waals surface area contributed by atoms with E-state index in [9.17, 15) is 4.39 Å². The average Bonchev–Trinajstić information content (AvgIpc) is 3.31. The van der Waals surface area contributed by atoms with Crippen LogP contribution in [-0.2, 0) is 19.6 Å². The van der Waals surface area contributed by atoms with Gasteiger partial charge in [-0.1, -0.05) is 5.16 Å². The summed E-state index contributed by atoms with van der Waals surface area (Å²) in [6.45, 7) is 1.36. The summed E-state index contributed by atoms with van der Waals surface area (Å²) >= 11 is 0. The van der Waals surface area contributed by atoms with Gasteiger partial charge in [-0.2, -0.15) is 10.1 Å². The third-order valence-corrected chi connectivity index (χ3v) is 3.68. The van der Waals surface area contributed by atoms with Gasteiger partial charge in [0, 0.05) is 24.3 Å². The van der Waals surface area contributed by atoms with Gasteiger partial charge in [-0.15, -0.1) is 0 Å². The molecule has 0 saturated carbocycles. The lowest BCUT2D eigenvalue weighted by Crippen LogP contribution is -2.09. The first kappa shape index (κ1) is 14.5. The summed E-state index contributed by atoms with van der Waals surface area (Å²) in [7, 11) is 0. The van der Waals surface area contributed by atoms with Gasteiger partial charge in [0.1, 0.15) is 11.5 Å². The number of benzene rings is 1. The van der Waals surface area contributed by atoms with Gasteiger partial charge in [0.15, 0.2) is 5.82 Å². The standard InChI is InChI=1S/C15H14FN7O/c16-10-1-2-12-11(7-10)14(15-19-13(8-17)21-24-15)23(20-12)6-5-22-4-3-18-9-22/h1-4,7,9H,5-6,8,17H2. The van der Waals surface area contributed by atoms with Crippen LogP contribution in [0.1, 0.15) is 5.82 Å². The van der Waals surface area contributed by atoms with Crippen LogP contribution in [0.15, 0.2) is 41.4 Å². The van der Waals surface area contributed by atoms with Crippen molar-refractivity contribution < 1.29 is 8.91 Å². The van der Waals surface area contributed by atoms with Gasteiger partial charge < -0.3 is 14.8 Å². The van der Waals surface area contributed by atoms with Crippen LogP contribution < -0.4 is 5.73 Å². The minimum absolute atomic E-state index is 0.166. The Bertz CT molecular complexity index is 973. The Kier molecular flexibility index (Phi) is 3.54. The summed E-state index contributed by atoms with van der Waals surface area (Å²) in [4.78, 5) is 8.26. The van der Waals surface area contributed by atoms with Crippen LogP contribution in [0.4, 0.5) is 4.39 Å². The summed E-state index contributed by atoms with van der Waals surface area (Å²) in [5, 5.41) is 8.95. The Hall–Kier alpha value is -3.07. The monoisotopic (exact) mass is 327 g/mol. The van der Waals surface area contributed by atoms with E-state index in [2.05, 4.69) is 20.2 Å². The first-order valence-electron chi connectivity index (χ1n) is 7.39. The van der Waals surface area contributed by atoms with E-state index in [4.69, 9.17) is 10.3 Å². The molecule has 4 rings (SSSR count). The highest BCUT2D eigenvalue weighted by Gasteiger charge is 2.19. The normalized spacial score (nSPS) is 11.4. The largest absolute Gasteiger partial charge is 0.336 e. The molecule has 0 fully saturated rings. The zero-order valence-electron chi connectivity index (χ0n) is 12.6. The molecule has 0 aliphatic rings. The van der Waals surface area contributed by atoms with Crippen molar-refractivity contribution >= 4 is 10.9 Å². The van der Waals surface area contributed by atoms with Gasteiger partial charge in [-0.3, -0.25) is 4.68 Å². The highest BCUT2D eigenvalue weighted by Crippen LogP contribution is 2.28. The first-order chi connectivity index (χ1) is 11.7. The quantitative estimate of drug-likeness (QED) is 0.597. The number of hydrogen-bond acceptors (Lipinski definition) is 6. The number of rotatable bonds is 5. The zero-order chi connectivity index (χ0) is 16.5. The lowest BCUT2D eigenvalue weighted by atomic mass is 10.2. The molecule has 0 bridgehead atoms. The molecule has 0 spiro atoms. The third-order valence-electron chi connectivity index (χ3n) is 3.68. The van der Waals surface area contributed by atoms with Crippen LogP contribution in [0.25, 0.3) is 22.5 Å². The fourth-order valence-electron chi connectivity index (χ4n) is 2.55. The summed E-state index contributed by atoms with van der Waals surface area (Å²) in [6.07, 6.45) is 5.30. The third kappa shape index (κ3) is 2.54. The van der Waals surface area contributed by atoms with Gasteiger partial charge in [0.2, 0.25) is 0 Å². The maximum Gasteiger partial charge on any atom is 0.276 e. The van der Waals surface area contributed by atoms with E-state index >= 15 is 0 Å². The minimum Gasteiger partial charge on any atom is -0.336 e. The van der Waals surface area contributed by atoms with Crippen molar-refractivity contribution in [3.63, 3.8) is 0 Å². The van der Waals surface area contributed by atoms with Crippen molar-refractivity contribution in [1.29, 1.82) is 0 Å². The number of nitrogens with two attached hydrogens (primary N) is 1. The van der Waals surface area contributed by atoms with Crippen molar-refractivity contribution in [3.8, 4) is 11.6 Å². The molecule has 0 aliphatic heterocycles. The van der Waals surface area contributed by atoms with Crippen LogP contribution in [0.2, 0.25) is 0 Å². The highest BCUT2D eigenvalue weighted by molar-refractivity contribution is 5.91. The maximum absolute atomic E-state index is 13.7. The fraction of sp³-hybridized carbons (Fsp3) is 0.200. The number of imidazole rings is 1. The Labute approximate surface area is 135 Å². The van der Waals surface area contributed by atoms with Gasteiger partial charge in [-0.25, -0.2) is 9.37 Å². The van der Waals surface area contributed by atoms with Crippen LogP contribution in [-0.4, -0.2) is 29.5 Å². The predicted octanol–water partition coefficient (Wildman–Crippen LogP) is 1.58. The number of fused-ring (bicyclic) bond motifs is 1. The number of hydrogen-bond donors (Lipinski definition) is 1. The molecule has 122 valence electrons. The Morgan fingerprint density at radius 1 is 1.25 bits per heavy atom. The van der Waals surface area contributed by atoms with Crippen LogP contribution in [0, 0.1) is 5.82 Å². The van der Waals surface area contributed by atoms with Crippen molar-refractivity contribution in [3.05, 3.63) is 48.6 Å². The minimum atomic E-state index is -0.350. The Morgan fingerprint density at radius 3 is 2.92 bits per heavy atom. The lowest BCUT2D eigenvalue weighted by molar-refractivity contribution is 0.417. The molecule has 0 amide bonds. The second-order valence-electron chi connectivity index (χ2n) is 5.25. The molecular weight excluding hydrogens is 313 g/mol. The van der Waals surface area contributed by atoms with Gasteiger partial charge in [0.05, 0.1) is 24.9 Å². The molecule has 8 nitrogen and oxygen atoms in total.